The van der Waals surface area contributed by atoms with Crippen LogP contribution in [0, 0.1) is 5.41 Å². The molecule has 1 fully saturated rings. The molecule has 0 bridgehead atoms. The molecule has 0 spiro atoms. The van der Waals surface area contributed by atoms with E-state index < -0.39 is 11.4 Å². The largest absolute Gasteiger partial charge is 0.490 e. The number of pyridine rings is 1. The van der Waals surface area contributed by atoms with Crippen LogP contribution in [-0.4, -0.2) is 51.8 Å². The van der Waals surface area contributed by atoms with Gasteiger partial charge in [-0.25, -0.2) is 9.97 Å². The van der Waals surface area contributed by atoms with Crippen LogP contribution in [0.25, 0.3) is 0 Å². The Kier molecular flexibility index (Phi) is 7.87. The SMILES string of the molecule is CCOc1ccccc1O[C@@H]1CCCN(c2cncc(Nc3cccc(CC(C)(C)C(=O)O)n3)n2)C1. The highest BCUT2D eigenvalue weighted by molar-refractivity contribution is 5.74. The third kappa shape index (κ3) is 6.41. The Bertz CT molecular complexity index is 1190. The molecule has 2 N–H and O–H groups in total. The number of hydrogen-bond donors (Lipinski definition) is 2. The molecule has 3 heterocycles. The number of benzene rings is 1. The second kappa shape index (κ2) is 11.2. The van der Waals surface area contributed by atoms with Crippen LogP contribution in [0.2, 0.25) is 0 Å². The molecule has 9 heteroatoms. The van der Waals surface area contributed by atoms with Crippen LogP contribution in [0.15, 0.2) is 54.9 Å². The van der Waals surface area contributed by atoms with E-state index in [-0.39, 0.29) is 6.10 Å². The molecule has 1 aliphatic heterocycles. The van der Waals surface area contributed by atoms with Gasteiger partial charge >= 0.3 is 5.97 Å². The maximum absolute atomic E-state index is 11.5. The summed E-state index contributed by atoms with van der Waals surface area (Å²) < 4.78 is 12.0. The summed E-state index contributed by atoms with van der Waals surface area (Å²) in [5, 5.41) is 12.6. The Labute approximate surface area is 211 Å². The van der Waals surface area contributed by atoms with E-state index in [9.17, 15) is 9.90 Å². The minimum Gasteiger partial charge on any atom is -0.490 e. The molecule has 1 aliphatic rings. The average molecular weight is 492 g/mol. The first-order valence-corrected chi connectivity index (χ1v) is 12.3. The molecule has 0 radical (unpaired) electrons. The van der Waals surface area contributed by atoms with Crippen LogP contribution in [0.3, 0.4) is 0 Å². The molecule has 3 aromatic rings. The van der Waals surface area contributed by atoms with Gasteiger partial charge in [0, 0.05) is 18.7 Å². The van der Waals surface area contributed by atoms with Gasteiger partial charge in [0.25, 0.3) is 0 Å². The molecule has 0 amide bonds. The number of nitrogens with one attached hydrogen (secondary N) is 1. The molecule has 1 aromatic carbocycles. The molecule has 36 heavy (non-hydrogen) atoms. The monoisotopic (exact) mass is 491 g/mol. The average Bonchev–Trinajstić information content (AvgIpc) is 2.86. The van der Waals surface area contributed by atoms with Gasteiger partial charge in [0.15, 0.2) is 17.3 Å². The lowest BCUT2D eigenvalue weighted by Crippen LogP contribution is -2.41. The number of carboxylic acid groups (broad SMARTS) is 1. The first kappa shape index (κ1) is 25.2. The van der Waals surface area contributed by atoms with E-state index in [0.717, 1.165) is 36.7 Å². The maximum Gasteiger partial charge on any atom is 0.309 e. The van der Waals surface area contributed by atoms with E-state index in [1.54, 1.807) is 26.2 Å². The second-order valence-corrected chi connectivity index (χ2v) is 9.48. The number of aliphatic carboxylic acids is 1. The minimum atomic E-state index is -0.901. The van der Waals surface area contributed by atoms with Gasteiger partial charge in [-0.1, -0.05) is 18.2 Å². The molecule has 2 aromatic heterocycles. The Balaban J connectivity index is 1.43. The van der Waals surface area contributed by atoms with Crippen molar-refractivity contribution in [3.63, 3.8) is 0 Å². The van der Waals surface area contributed by atoms with Crippen molar-refractivity contribution in [3.05, 3.63) is 60.6 Å². The zero-order valence-electron chi connectivity index (χ0n) is 21.0. The van der Waals surface area contributed by atoms with Crippen molar-refractivity contribution >= 4 is 23.4 Å². The number of hydrogen-bond acceptors (Lipinski definition) is 8. The smallest absolute Gasteiger partial charge is 0.309 e. The summed E-state index contributed by atoms with van der Waals surface area (Å²) in [6.07, 6.45) is 5.66. The summed E-state index contributed by atoms with van der Waals surface area (Å²) in [6.45, 7) is 7.48. The fourth-order valence-electron chi connectivity index (χ4n) is 4.12. The fourth-order valence-corrected chi connectivity index (χ4v) is 4.12. The number of para-hydroxylation sites is 2. The number of piperidine rings is 1. The highest BCUT2D eigenvalue weighted by atomic mass is 16.5. The van der Waals surface area contributed by atoms with Gasteiger partial charge in [-0.3, -0.25) is 9.78 Å². The van der Waals surface area contributed by atoms with Gasteiger partial charge in [-0.15, -0.1) is 0 Å². The van der Waals surface area contributed by atoms with Crippen LogP contribution < -0.4 is 19.7 Å². The van der Waals surface area contributed by atoms with Crippen LogP contribution in [0.1, 0.15) is 39.3 Å². The molecule has 4 rings (SSSR count). The zero-order valence-corrected chi connectivity index (χ0v) is 21.0. The highest BCUT2D eigenvalue weighted by Crippen LogP contribution is 2.30. The summed E-state index contributed by atoms with van der Waals surface area (Å²) in [6, 6.07) is 13.3. The van der Waals surface area contributed by atoms with E-state index in [2.05, 4.69) is 20.2 Å². The number of rotatable bonds is 10. The van der Waals surface area contributed by atoms with Crippen molar-refractivity contribution < 1.29 is 19.4 Å². The molecule has 1 saturated heterocycles. The summed E-state index contributed by atoms with van der Waals surface area (Å²) in [7, 11) is 0. The quantitative estimate of drug-likeness (QED) is 0.416. The molecular formula is C27H33N5O4. The molecule has 0 aliphatic carbocycles. The van der Waals surface area contributed by atoms with Gasteiger partial charge in [0.2, 0.25) is 0 Å². The molecular weight excluding hydrogens is 458 g/mol. The molecule has 0 saturated carbocycles. The number of ether oxygens (including phenoxy) is 2. The van der Waals surface area contributed by atoms with Crippen molar-refractivity contribution in [2.45, 2.75) is 46.1 Å². The van der Waals surface area contributed by atoms with Crippen molar-refractivity contribution in [1.82, 2.24) is 15.0 Å². The lowest BCUT2D eigenvalue weighted by atomic mass is 9.88. The fraction of sp³-hybridized carbons (Fsp3) is 0.407. The van der Waals surface area contributed by atoms with Crippen molar-refractivity contribution in [1.29, 1.82) is 0 Å². The Morgan fingerprint density at radius 3 is 2.69 bits per heavy atom. The molecule has 9 nitrogen and oxygen atoms in total. The third-order valence-corrected chi connectivity index (χ3v) is 6.03. The number of carbonyl (C=O) groups is 1. The number of nitrogens with zero attached hydrogens (tertiary/aromatic N) is 4. The van der Waals surface area contributed by atoms with E-state index in [1.807, 2.05) is 49.4 Å². The first-order valence-electron chi connectivity index (χ1n) is 12.3. The second-order valence-electron chi connectivity index (χ2n) is 9.48. The summed E-state index contributed by atoms with van der Waals surface area (Å²) >= 11 is 0. The van der Waals surface area contributed by atoms with Crippen molar-refractivity contribution in [2.24, 2.45) is 5.41 Å². The molecule has 0 unspecified atom stereocenters. The highest BCUT2D eigenvalue weighted by Gasteiger charge is 2.28. The number of aromatic nitrogens is 3. The van der Waals surface area contributed by atoms with E-state index >= 15 is 0 Å². The zero-order chi connectivity index (χ0) is 25.5. The van der Waals surface area contributed by atoms with Crippen molar-refractivity contribution in [3.8, 4) is 11.5 Å². The predicted octanol–water partition coefficient (Wildman–Crippen LogP) is 4.72. The molecule has 190 valence electrons. The standard InChI is InChI=1S/C27H33N5O4/c1-4-35-21-11-5-6-12-22(21)36-20-10-8-14-32(18-20)25-17-28-16-24(31-25)30-23-13-7-9-19(29-23)15-27(2,3)26(33)34/h5-7,9,11-13,16-17,20H,4,8,10,14-15,18H2,1-3H3,(H,33,34)(H,29,30,31)/t20-/m1/s1. The Morgan fingerprint density at radius 2 is 1.92 bits per heavy atom. The summed E-state index contributed by atoms with van der Waals surface area (Å²) in [5.41, 5.74) is -0.207. The van der Waals surface area contributed by atoms with Gasteiger partial charge in [0.05, 0.1) is 31.0 Å². The molecule has 1 atom stereocenters. The van der Waals surface area contributed by atoms with Crippen molar-refractivity contribution in [2.75, 3.05) is 29.9 Å². The third-order valence-electron chi connectivity index (χ3n) is 6.03. The van der Waals surface area contributed by atoms with Gasteiger partial charge in [-0.05, 0) is 57.9 Å². The minimum absolute atomic E-state index is 0.00899. The normalized spacial score (nSPS) is 15.9. The van der Waals surface area contributed by atoms with Crippen LogP contribution in [0.4, 0.5) is 17.5 Å². The van der Waals surface area contributed by atoms with Crippen LogP contribution >= 0.6 is 0 Å². The van der Waals surface area contributed by atoms with E-state index in [4.69, 9.17) is 14.5 Å². The topological polar surface area (TPSA) is 110 Å². The first-order chi connectivity index (χ1) is 17.3. The lowest BCUT2D eigenvalue weighted by molar-refractivity contribution is -0.146. The summed E-state index contributed by atoms with van der Waals surface area (Å²) in [4.78, 5) is 27.4. The van der Waals surface area contributed by atoms with E-state index in [0.29, 0.717) is 36.9 Å². The number of anilines is 3. The Morgan fingerprint density at radius 1 is 1.11 bits per heavy atom. The van der Waals surface area contributed by atoms with Crippen LogP contribution in [0.5, 0.6) is 11.5 Å². The summed E-state index contributed by atoms with van der Waals surface area (Å²) in [5.74, 6) is 2.57. The van der Waals surface area contributed by atoms with Gasteiger partial charge in [0.1, 0.15) is 17.7 Å². The van der Waals surface area contributed by atoms with Gasteiger partial charge < -0.3 is 24.8 Å². The maximum atomic E-state index is 11.5. The predicted molar refractivity (Wildman–Crippen MR) is 138 cm³/mol. The van der Waals surface area contributed by atoms with Gasteiger partial charge in [-0.2, -0.15) is 0 Å². The van der Waals surface area contributed by atoms with Crippen LogP contribution in [-0.2, 0) is 11.2 Å². The Hall–Kier alpha value is -3.88. The van der Waals surface area contributed by atoms with E-state index in [1.165, 1.54) is 0 Å². The number of carboxylic acids is 1. The lowest BCUT2D eigenvalue weighted by Gasteiger charge is -2.33.